The Hall–Kier alpha value is -1.06. The van der Waals surface area contributed by atoms with Crippen molar-refractivity contribution in [1.29, 1.82) is 0 Å². The Balaban J connectivity index is 3.95. The molecule has 0 saturated heterocycles. The highest BCUT2D eigenvalue weighted by atomic mass is 16.2. The van der Waals surface area contributed by atoms with Crippen molar-refractivity contribution in [3.05, 3.63) is 0 Å². The molecular formula is C13H26N2O2. The third kappa shape index (κ3) is 8.72. The first kappa shape index (κ1) is 15.9. The second-order valence-corrected chi connectivity index (χ2v) is 5.31. The molecule has 0 heterocycles. The highest BCUT2D eigenvalue weighted by molar-refractivity contribution is 5.77. The summed E-state index contributed by atoms with van der Waals surface area (Å²) in [6, 6.07) is 0. The van der Waals surface area contributed by atoms with Gasteiger partial charge in [-0.3, -0.25) is 9.59 Å². The van der Waals surface area contributed by atoms with E-state index in [0.717, 1.165) is 0 Å². The van der Waals surface area contributed by atoms with Crippen LogP contribution in [0, 0.1) is 11.8 Å². The normalized spacial score (nSPS) is 10.8. The maximum atomic E-state index is 11.5. The molecule has 0 aromatic heterocycles. The van der Waals surface area contributed by atoms with Crippen molar-refractivity contribution in [3.63, 3.8) is 0 Å². The molecule has 0 rings (SSSR count). The van der Waals surface area contributed by atoms with Crippen molar-refractivity contribution in [1.82, 2.24) is 10.2 Å². The van der Waals surface area contributed by atoms with E-state index in [1.54, 1.807) is 11.8 Å². The number of nitrogens with zero attached hydrogens (tertiary/aromatic N) is 1. The number of nitrogens with one attached hydrogen (secondary N) is 1. The molecule has 0 radical (unpaired) electrons. The lowest BCUT2D eigenvalue weighted by atomic mass is 10.2. The minimum atomic E-state index is 0.0220. The van der Waals surface area contributed by atoms with Gasteiger partial charge in [-0.05, 0) is 11.8 Å². The second-order valence-electron chi connectivity index (χ2n) is 5.31. The average molecular weight is 242 g/mol. The van der Waals surface area contributed by atoms with Crippen molar-refractivity contribution in [2.45, 2.75) is 41.0 Å². The summed E-state index contributed by atoms with van der Waals surface area (Å²) in [6.07, 6.45) is 0.388. The molecule has 4 heteroatoms. The molecule has 1 N–H and O–H groups in total. The minimum Gasteiger partial charge on any atom is -0.356 e. The number of carbonyl (C=O) groups excluding carboxylic acids is 2. The number of carbonyl (C=O) groups is 2. The van der Waals surface area contributed by atoms with Crippen LogP contribution < -0.4 is 5.32 Å². The van der Waals surface area contributed by atoms with Gasteiger partial charge >= 0.3 is 0 Å². The zero-order valence-corrected chi connectivity index (χ0v) is 11.7. The number of hydrogen-bond acceptors (Lipinski definition) is 2. The molecule has 0 aromatic rings. The van der Waals surface area contributed by atoms with E-state index in [0.29, 0.717) is 37.9 Å². The van der Waals surface area contributed by atoms with Gasteiger partial charge in [0.25, 0.3) is 0 Å². The third-order valence-electron chi connectivity index (χ3n) is 2.35. The quantitative estimate of drug-likeness (QED) is 0.738. The summed E-state index contributed by atoms with van der Waals surface area (Å²) in [7, 11) is 0. The summed E-state index contributed by atoms with van der Waals surface area (Å²) in [5, 5.41) is 2.85. The molecule has 0 spiro atoms. The van der Waals surface area contributed by atoms with Crippen LogP contribution >= 0.6 is 0 Å². The Morgan fingerprint density at radius 2 is 1.71 bits per heavy atom. The van der Waals surface area contributed by atoms with E-state index >= 15 is 0 Å². The van der Waals surface area contributed by atoms with Gasteiger partial charge in [0.05, 0.1) is 0 Å². The van der Waals surface area contributed by atoms with Crippen LogP contribution in [0.15, 0.2) is 0 Å². The predicted octanol–water partition coefficient (Wildman–Crippen LogP) is 1.65. The van der Waals surface area contributed by atoms with Crippen LogP contribution in [0.25, 0.3) is 0 Å². The molecule has 0 aliphatic rings. The van der Waals surface area contributed by atoms with Crippen molar-refractivity contribution in [3.8, 4) is 0 Å². The van der Waals surface area contributed by atoms with Crippen LogP contribution in [0.5, 0.6) is 0 Å². The molecule has 4 nitrogen and oxygen atoms in total. The molecule has 0 atom stereocenters. The van der Waals surface area contributed by atoms with Gasteiger partial charge in [0.2, 0.25) is 11.8 Å². The molecule has 0 aliphatic heterocycles. The van der Waals surface area contributed by atoms with Crippen LogP contribution in [0.3, 0.4) is 0 Å². The molecule has 0 fully saturated rings. The van der Waals surface area contributed by atoms with Crippen molar-refractivity contribution < 1.29 is 9.59 Å². The zero-order valence-electron chi connectivity index (χ0n) is 11.7. The van der Waals surface area contributed by atoms with Gasteiger partial charge < -0.3 is 10.2 Å². The zero-order chi connectivity index (χ0) is 13.4. The fourth-order valence-electron chi connectivity index (χ4n) is 1.46. The number of rotatable bonds is 7. The van der Waals surface area contributed by atoms with Gasteiger partial charge in [-0.1, -0.05) is 27.7 Å². The van der Waals surface area contributed by atoms with E-state index in [9.17, 15) is 9.59 Å². The summed E-state index contributed by atoms with van der Waals surface area (Å²) in [4.78, 5) is 24.6. The Morgan fingerprint density at radius 1 is 1.12 bits per heavy atom. The molecule has 17 heavy (non-hydrogen) atoms. The summed E-state index contributed by atoms with van der Waals surface area (Å²) in [6.45, 7) is 11.7. The largest absolute Gasteiger partial charge is 0.356 e. The minimum absolute atomic E-state index is 0.0220. The molecule has 2 amide bonds. The predicted molar refractivity (Wildman–Crippen MR) is 69.6 cm³/mol. The van der Waals surface area contributed by atoms with E-state index in [-0.39, 0.29) is 11.8 Å². The van der Waals surface area contributed by atoms with Crippen LogP contribution in [0.4, 0.5) is 0 Å². The van der Waals surface area contributed by atoms with Gasteiger partial charge in [0.1, 0.15) is 0 Å². The van der Waals surface area contributed by atoms with E-state index in [1.807, 2.05) is 0 Å². The maximum absolute atomic E-state index is 11.5. The van der Waals surface area contributed by atoms with Crippen molar-refractivity contribution in [2.75, 3.05) is 19.6 Å². The van der Waals surface area contributed by atoms with E-state index < -0.39 is 0 Å². The summed E-state index contributed by atoms with van der Waals surface area (Å²) in [5.74, 6) is 0.945. The van der Waals surface area contributed by atoms with Crippen molar-refractivity contribution >= 4 is 11.8 Å². The summed E-state index contributed by atoms with van der Waals surface area (Å²) >= 11 is 0. The van der Waals surface area contributed by atoms with Crippen molar-refractivity contribution in [2.24, 2.45) is 11.8 Å². The monoisotopic (exact) mass is 242 g/mol. The number of amides is 2. The Bertz CT molecular complexity index is 250. The lowest BCUT2D eigenvalue weighted by Gasteiger charge is -2.22. The Morgan fingerprint density at radius 3 is 2.12 bits per heavy atom. The Kier molecular flexibility index (Phi) is 7.59. The van der Waals surface area contributed by atoms with E-state index in [4.69, 9.17) is 0 Å². The average Bonchev–Trinajstić information content (AvgIpc) is 2.20. The summed E-state index contributed by atoms with van der Waals surface area (Å²) < 4.78 is 0. The standard InChI is InChI=1S/C13H26N2O2/c1-10(2)8-14-13(17)6-7-15(12(5)16)9-11(3)4/h10-11H,6-9H2,1-5H3,(H,14,17). The van der Waals surface area contributed by atoms with Gasteiger partial charge in [0, 0.05) is 33.0 Å². The van der Waals surface area contributed by atoms with E-state index in [2.05, 4.69) is 33.0 Å². The first-order chi connectivity index (χ1) is 7.82. The smallest absolute Gasteiger partial charge is 0.221 e. The fraction of sp³-hybridized carbons (Fsp3) is 0.846. The third-order valence-corrected chi connectivity index (χ3v) is 2.35. The Labute approximate surface area is 105 Å². The van der Waals surface area contributed by atoms with Gasteiger partial charge in [-0.25, -0.2) is 0 Å². The van der Waals surface area contributed by atoms with Gasteiger partial charge in [-0.2, -0.15) is 0 Å². The molecule has 0 aliphatic carbocycles. The molecule has 100 valence electrons. The SMILES string of the molecule is CC(=O)N(CCC(=O)NCC(C)C)CC(C)C. The fourth-order valence-corrected chi connectivity index (χ4v) is 1.46. The molecule has 0 saturated carbocycles. The molecular weight excluding hydrogens is 216 g/mol. The molecule has 0 aromatic carbocycles. The number of hydrogen-bond donors (Lipinski definition) is 1. The van der Waals surface area contributed by atoms with Crippen LogP contribution in [-0.4, -0.2) is 36.3 Å². The summed E-state index contributed by atoms with van der Waals surface area (Å²) in [5.41, 5.74) is 0. The van der Waals surface area contributed by atoms with Gasteiger partial charge in [0.15, 0.2) is 0 Å². The maximum Gasteiger partial charge on any atom is 0.221 e. The second kappa shape index (κ2) is 8.09. The lowest BCUT2D eigenvalue weighted by molar-refractivity contribution is -0.130. The molecule has 0 bridgehead atoms. The van der Waals surface area contributed by atoms with E-state index in [1.165, 1.54) is 0 Å². The topological polar surface area (TPSA) is 49.4 Å². The highest BCUT2D eigenvalue weighted by Crippen LogP contribution is 2.00. The van der Waals surface area contributed by atoms with Gasteiger partial charge in [-0.15, -0.1) is 0 Å². The molecule has 0 unspecified atom stereocenters. The van der Waals surface area contributed by atoms with Crippen LogP contribution in [0.1, 0.15) is 41.0 Å². The van der Waals surface area contributed by atoms with Crippen LogP contribution in [0.2, 0.25) is 0 Å². The first-order valence-corrected chi connectivity index (χ1v) is 6.35. The van der Waals surface area contributed by atoms with Crippen LogP contribution in [-0.2, 0) is 9.59 Å². The lowest BCUT2D eigenvalue weighted by Crippen LogP contribution is -2.36. The first-order valence-electron chi connectivity index (χ1n) is 6.35. The highest BCUT2D eigenvalue weighted by Gasteiger charge is 2.12.